The second-order valence-corrected chi connectivity index (χ2v) is 4.89. The van der Waals surface area contributed by atoms with Crippen LogP contribution in [0.1, 0.15) is 34.3 Å². The van der Waals surface area contributed by atoms with Crippen molar-refractivity contribution in [3.63, 3.8) is 0 Å². The summed E-state index contributed by atoms with van der Waals surface area (Å²) < 4.78 is 4.90. The Morgan fingerprint density at radius 2 is 1.86 bits per heavy atom. The van der Waals surface area contributed by atoms with Gasteiger partial charge in [-0.2, -0.15) is 0 Å². The van der Waals surface area contributed by atoms with E-state index in [-0.39, 0.29) is 0 Å². The van der Waals surface area contributed by atoms with Crippen molar-refractivity contribution in [3.05, 3.63) is 34.9 Å². The highest BCUT2D eigenvalue weighted by Crippen LogP contribution is 2.22. The van der Waals surface area contributed by atoms with Gasteiger partial charge in [0.25, 0.3) is 5.91 Å². The van der Waals surface area contributed by atoms with Crippen molar-refractivity contribution in [2.45, 2.75) is 25.7 Å². The van der Waals surface area contributed by atoms with Gasteiger partial charge in [0.1, 0.15) is 0 Å². The third-order valence-corrected chi connectivity index (χ3v) is 3.40. The summed E-state index contributed by atoms with van der Waals surface area (Å²) in [6.45, 7) is -0.483. The number of carbonyl (C=O) groups is 3. The first-order valence-electron chi connectivity index (χ1n) is 6.90. The van der Waals surface area contributed by atoms with E-state index >= 15 is 0 Å². The normalized spacial score (nSPS) is 13.0. The third-order valence-electron chi connectivity index (χ3n) is 3.40. The quantitative estimate of drug-likeness (QED) is 0.819. The summed E-state index contributed by atoms with van der Waals surface area (Å²) in [7, 11) is 1.39. The first-order valence-corrected chi connectivity index (χ1v) is 6.90. The molecule has 21 heavy (non-hydrogen) atoms. The van der Waals surface area contributed by atoms with Crippen molar-refractivity contribution in [1.29, 1.82) is 0 Å². The molecule has 0 radical (unpaired) electrons. The van der Waals surface area contributed by atoms with Crippen molar-refractivity contribution < 1.29 is 19.1 Å². The lowest BCUT2D eigenvalue weighted by Crippen LogP contribution is -2.39. The Morgan fingerprint density at radius 1 is 1.14 bits per heavy atom. The molecule has 0 fully saturated rings. The molecule has 0 heterocycles. The molecular weight excluding hydrogens is 272 g/mol. The van der Waals surface area contributed by atoms with Crippen LogP contribution in [-0.2, 0) is 22.4 Å². The van der Waals surface area contributed by atoms with E-state index in [0.29, 0.717) is 5.56 Å². The summed E-state index contributed by atoms with van der Waals surface area (Å²) in [6.07, 6.45) is 4.31. The van der Waals surface area contributed by atoms with Gasteiger partial charge in [-0.15, -0.1) is 0 Å². The number of ether oxygens (including phenoxy) is 1. The number of imide groups is 1. The molecule has 0 unspecified atom stereocenters. The van der Waals surface area contributed by atoms with Gasteiger partial charge in [0.2, 0.25) is 0 Å². The highest BCUT2D eigenvalue weighted by Gasteiger charge is 2.15. The average Bonchev–Trinajstić information content (AvgIpc) is 2.51. The smallest absolute Gasteiger partial charge is 0.338 e. The number of fused-ring (bicyclic) bond motifs is 1. The summed E-state index contributed by atoms with van der Waals surface area (Å²) in [5.41, 5.74) is 2.88. The van der Waals surface area contributed by atoms with E-state index in [1.807, 2.05) is 17.4 Å². The van der Waals surface area contributed by atoms with E-state index in [9.17, 15) is 14.4 Å². The molecule has 0 spiro atoms. The highest BCUT2D eigenvalue weighted by atomic mass is 16.5. The molecule has 0 aromatic heterocycles. The standard InChI is InChI=1S/C15H18N2O4/c1-16-15(20)17-13(18)9-21-14(19)12-7-6-10-4-2-3-5-11(10)8-12/h6-8H,2-5,9H2,1H3,(H2,16,17,18,20). The summed E-state index contributed by atoms with van der Waals surface area (Å²) >= 11 is 0. The zero-order valence-corrected chi connectivity index (χ0v) is 11.9. The molecule has 0 saturated carbocycles. The van der Waals surface area contributed by atoms with Crippen molar-refractivity contribution in [1.82, 2.24) is 10.6 Å². The molecule has 0 saturated heterocycles. The van der Waals surface area contributed by atoms with Crippen LogP contribution >= 0.6 is 0 Å². The van der Waals surface area contributed by atoms with E-state index in [2.05, 4.69) is 5.32 Å². The zero-order chi connectivity index (χ0) is 15.2. The van der Waals surface area contributed by atoms with Gasteiger partial charge in [-0.1, -0.05) is 6.07 Å². The first kappa shape index (κ1) is 15.0. The molecular formula is C15H18N2O4. The third kappa shape index (κ3) is 4.05. The fraction of sp³-hybridized carbons (Fsp3) is 0.400. The average molecular weight is 290 g/mol. The van der Waals surface area contributed by atoms with Gasteiger partial charge in [-0.25, -0.2) is 9.59 Å². The van der Waals surface area contributed by atoms with Crippen molar-refractivity contribution in [2.24, 2.45) is 0 Å². The minimum Gasteiger partial charge on any atom is -0.452 e. The maximum Gasteiger partial charge on any atom is 0.338 e. The fourth-order valence-electron chi connectivity index (χ4n) is 2.30. The molecule has 1 aromatic rings. The number of rotatable bonds is 3. The number of aryl methyl sites for hydroxylation is 2. The van der Waals surface area contributed by atoms with Gasteiger partial charge in [-0.3, -0.25) is 10.1 Å². The summed E-state index contributed by atoms with van der Waals surface area (Å²) in [4.78, 5) is 34.1. The van der Waals surface area contributed by atoms with Gasteiger partial charge in [0.15, 0.2) is 6.61 Å². The lowest BCUT2D eigenvalue weighted by atomic mass is 9.90. The van der Waals surface area contributed by atoms with Gasteiger partial charge < -0.3 is 10.1 Å². The van der Waals surface area contributed by atoms with Crippen molar-refractivity contribution >= 4 is 17.9 Å². The topological polar surface area (TPSA) is 84.5 Å². The Balaban J connectivity index is 1.91. The molecule has 0 aliphatic heterocycles. The first-order chi connectivity index (χ1) is 10.1. The van der Waals surface area contributed by atoms with Crippen LogP contribution in [0.4, 0.5) is 4.79 Å². The number of hydrogen-bond acceptors (Lipinski definition) is 4. The van der Waals surface area contributed by atoms with Crippen molar-refractivity contribution in [3.8, 4) is 0 Å². The van der Waals surface area contributed by atoms with Crippen LogP contribution in [0.3, 0.4) is 0 Å². The number of amides is 3. The molecule has 112 valence electrons. The molecule has 0 atom stereocenters. The van der Waals surface area contributed by atoms with Crippen LogP contribution in [0.25, 0.3) is 0 Å². The minimum atomic E-state index is -0.666. The molecule has 1 aliphatic rings. The van der Waals surface area contributed by atoms with Gasteiger partial charge in [0, 0.05) is 7.05 Å². The Bertz CT molecular complexity index is 569. The second kappa shape index (κ2) is 6.88. The summed E-state index contributed by atoms with van der Waals surface area (Å²) in [5, 5.41) is 4.26. The van der Waals surface area contributed by atoms with Crippen molar-refractivity contribution in [2.75, 3.05) is 13.7 Å². The van der Waals surface area contributed by atoms with E-state index in [4.69, 9.17) is 4.74 Å². The zero-order valence-electron chi connectivity index (χ0n) is 11.9. The Kier molecular flexibility index (Phi) is 4.92. The molecule has 3 amide bonds. The number of esters is 1. The monoisotopic (exact) mass is 290 g/mol. The van der Waals surface area contributed by atoms with Crippen LogP contribution in [-0.4, -0.2) is 31.6 Å². The predicted octanol–water partition coefficient (Wildman–Crippen LogP) is 1.18. The molecule has 0 bridgehead atoms. The lowest BCUT2D eigenvalue weighted by molar-refractivity contribution is -0.123. The Hall–Kier alpha value is -2.37. The molecule has 6 heteroatoms. The van der Waals surface area contributed by atoms with E-state index in [0.717, 1.165) is 19.3 Å². The summed E-state index contributed by atoms with van der Waals surface area (Å²) in [6, 6.07) is 4.84. The maximum atomic E-state index is 11.9. The molecule has 2 N–H and O–H groups in total. The van der Waals surface area contributed by atoms with Gasteiger partial charge in [0.05, 0.1) is 5.56 Å². The fourth-order valence-corrected chi connectivity index (χ4v) is 2.30. The van der Waals surface area contributed by atoms with Crippen LogP contribution in [0.15, 0.2) is 18.2 Å². The number of benzene rings is 1. The predicted molar refractivity (Wildman–Crippen MR) is 76.0 cm³/mol. The van der Waals surface area contributed by atoms with Gasteiger partial charge in [-0.05, 0) is 48.9 Å². The molecule has 6 nitrogen and oxygen atoms in total. The SMILES string of the molecule is CNC(=O)NC(=O)COC(=O)c1ccc2c(c1)CCCC2. The number of urea groups is 1. The maximum absolute atomic E-state index is 11.9. The van der Waals surface area contributed by atoms with E-state index in [1.54, 1.807) is 6.07 Å². The van der Waals surface area contributed by atoms with Crippen LogP contribution in [0.2, 0.25) is 0 Å². The van der Waals surface area contributed by atoms with Crippen LogP contribution in [0.5, 0.6) is 0 Å². The number of nitrogens with one attached hydrogen (secondary N) is 2. The Labute approximate surface area is 122 Å². The second-order valence-electron chi connectivity index (χ2n) is 4.89. The highest BCUT2D eigenvalue weighted by molar-refractivity contribution is 5.97. The number of carbonyl (C=O) groups excluding carboxylic acids is 3. The number of hydrogen-bond donors (Lipinski definition) is 2. The van der Waals surface area contributed by atoms with Crippen LogP contribution in [0, 0.1) is 0 Å². The molecule has 1 aromatic carbocycles. The largest absolute Gasteiger partial charge is 0.452 e. The summed E-state index contributed by atoms with van der Waals surface area (Å²) in [5.74, 6) is -1.23. The van der Waals surface area contributed by atoms with Crippen LogP contribution < -0.4 is 10.6 Å². The van der Waals surface area contributed by atoms with Gasteiger partial charge >= 0.3 is 12.0 Å². The minimum absolute atomic E-state index is 0.434. The molecule has 1 aliphatic carbocycles. The lowest BCUT2D eigenvalue weighted by Gasteiger charge is -2.16. The molecule has 2 rings (SSSR count). The van der Waals surface area contributed by atoms with E-state index < -0.39 is 24.5 Å². The van der Waals surface area contributed by atoms with E-state index in [1.165, 1.54) is 24.6 Å². The Morgan fingerprint density at radius 3 is 2.57 bits per heavy atom.